The standard InChI is InChI=1S/C15H13BrCl3N/c1-2-12(9-4-3-5-10(17)8-9)20-13-7-6-11(16)14(18)15(13)19/h3-8,12,20H,2H2,1H3. The molecule has 1 atom stereocenters. The second-order valence-corrected chi connectivity index (χ2v) is 6.43. The largest absolute Gasteiger partial charge is 0.377 e. The van der Waals surface area contributed by atoms with Crippen LogP contribution in [-0.2, 0) is 0 Å². The highest BCUT2D eigenvalue weighted by Crippen LogP contribution is 2.37. The highest BCUT2D eigenvalue weighted by atomic mass is 79.9. The summed E-state index contributed by atoms with van der Waals surface area (Å²) in [6.45, 7) is 2.10. The molecule has 0 saturated heterocycles. The van der Waals surface area contributed by atoms with Gasteiger partial charge < -0.3 is 5.32 Å². The Morgan fingerprint density at radius 3 is 2.50 bits per heavy atom. The van der Waals surface area contributed by atoms with Crippen molar-refractivity contribution in [2.24, 2.45) is 0 Å². The maximum Gasteiger partial charge on any atom is 0.0835 e. The van der Waals surface area contributed by atoms with Crippen LogP contribution in [0.15, 0.2) is 40.9 Å². The third-order valence-electron chi connectivity index (χ3n) is 3.02. The van der Waals surface area contributed by atoms with E-state index >= 15 is 0 Å². The number of nitrogens with one attached hydrogen (secondary N) is 1. The van der Waals surface area contributed by atoms with E-state index in [1.54, 1.807) is 0 Å². The summed E-state index contributed by atoms with van der Waals surface area (Å²) in [5.74, 6) is 0. The number of benzene rings is 2. The molecule has 0 heterocycles. The van der Waals surface area contributed by atoms with Gasteiger partial charge in [-0.05, 0) is 52.2 Å². The molecule has 1 N–H and O–H groups in total. The van der Waals surface area contributed by atoms with Gasteiger partial charge in [0.25, 0.3) is 0 Å². The predicted octanol–water partition coefficient (Wildman–Crippen LogP) is 6.97. The highest BCUT2D eigenvalue weighted by Gasteiger charge is 2.14. The lowest BCUT2D eigenvalue weighted by molar-refractivity contribution is 0.749. The Kier molecular flexibility index (Phi) is 5.62. The second-order valence-electron chi connectivity index (χ2n) is 4.38. The average molecular weight is 394 g/mol. The first kappa shape index (κ1) is 16.0. The number of hydrogen-bond acceptors (Lipinski definition) is 1. The quantitative estimate of drug-likeness (QED) is 0.553. The minimum Gasteiger partial charge on any atom is -0.377 e. The van der Waals surface area contributed by atoms with Gasteiger partial charge in [-0.3, -0.25) is 0 Å². The summed E-state index contributed by atoms with van der Waals surface area (Å²) >= 11 is 21.8. The highest BCUT2D eigenvalue weighted by molar-refractivity contribution is 9.10. The van der Waals surface area contributed by atoms with Crippen LogP contribution in [0.1, 0.15) is 24.9 Å². The van der Waals surface area contributed by atoms with Crippen LogP contribution in [0, 0.1) is 0 Å². The van der Waals surface area contributed by atoms with Crippen LogP contribution in [0.25, 0.3) is 0 Å². The molecule has 0 radical (unpaired) electrons. The maximum atomic E-state index is 6.27. The zero-order valence-corrected chi connectivity index (χ0v) is 14.6. The smallest absolute Gasteiger partial charge is 0.0835 e. The van der Waals surface area contributed by atoms with Crippen LogP contribution >= 0.6 is 50.7 Å². The van der Waals surface area contributed by atoms with Gasteiger partial charge in [0.1, 0.15) is 0 Å². The molecule has 0 aliphatic rings. The molecule has 106 valence electrons. The molecular weight excluding hydrogens is 380 g/mol. The SMILES string of the molecule is CCC(Nc1ccc(Br)c(Cl)c1Cl)c1cccc(Cl)c1. The summed E-state index contributed by atoms with van der Waals surface area (Å²) in [6.07, 6.45) is 0.907. The summed E-state index contributed by atoms with van der Waals surface area (Å²) in [6, 6.07) is 11.7. The Morgan fingerprint density at radius 1 is 1.10 bits per heavy atom. The van der Waals surface area contributed by atoms with Crippen molar-refractivity contribution in [2.45, 2.75) is 19.4 Å². The maximum absolute atomic E-state index is 6.27. The molecule has 0 fully saturated rings. The fourth-order valence-electron chi connectivity index (χ4n) is 1.97. The van der Waals surface area contributed by atoms with Gasteiger partial charge in [0.05, 0.1) is 21.8 Å². The van der Waals surface area contributed by atoms with Gasteiger partial charge in [-0.1, -0.05) is 53.9 Å². The molecule has 5 heteroatoms. The van der Waals surface area contributed by atoms with Crippen LogP contribution < -0.4 is 5.32 Å². The summed E-state index contributed by atoms with van der Waals surface area (Å²) in [5, 5.41) is 5.16. The van der Waals surface area contributed by atoms with Crippen LogP contribution in [0.4, 0.5) is 5.69 Å². The first-order valence-corrected chi connectivity index (χ1v) is 8.11. The van der Waals surface area contributed by atoms with Crippen LogP contribution in [0.2, 0.25) is 15.1 Å². The summed E-state index contributed by atoms with van der Waals surface area (Å²) in [5.41, 5.74) is 1.93. The van der Waals surface area contributed by atoms with Gasteiger partial charge in [-0.15, -0.1) is 0 Å². The van der Waals surface area contributed by atoms with Crippen molar-refractivity contribution in [1.29, 1.82) is 0 Å². The van der Waals surface area contributed by atoms with Crippen molar-refractivity contribution in [1.82, 2.24) is 0 Å². The number of halogens is 4. The average Bonchev–Trinajstić information content (AvgIpc) is 2.44. The van der Waals surface area contributed by atoms with E-state index in [4.69, 9.17) is 34.8 Å². The van der Waals surface area contributed by atoms with Crippen molar-refractivity contribution in [3.05, 3.63) is 61.5 Å². The summed E-state index contributed by atoms with van der Waals surface area (Å²) in [4.78, 5) is 0. The topological polar surface area (TPSA) is 12.0 Å². The Balaban J connectivity index is 2.29. The van der Waals surface area contributed by atoms with Gasteiger partial charge in [0.2, 0.25) is 0 Å². The monoisotopic (exact) mass is 391 g/mol. The predicted molar refractivity (Wildman–Crippen MR) is 92.3 cm³/mol. The molecule has 0 spiro atoms. The minimum atomic E-state index is 0.128. The van der Waals surface area contributed by atoms with Crippen molar-refractivity contribution in [2.75, 3.05) is 5.32 Å². The second kappa shape index (κ2) is 7.04. The number of rotatable bonds is 4. The molecule has 2 rings (SSSR count). The lowest BCUT2D eigenvalue weighted by Gasteiger charge is -2.20. The van der Waals surface area contributed by atoms with Crippen molar-refractivity contribution >= 4 is 56.4 Å². The van der Waals surface area contributed by atoms with Gasteiger partial charge >= 0.3 is 0 Å². The summed E-state index contributed by atoms with van der Waals surface area (Å²) < 4.78 is 0.783. The molecule has 20 heavy (non-hydrogen) atoms. The number of anilines is 1. The molecule has 1 nitrogen and oxygen atoms in total. The zero-order valence-electron chi connectivity index (χ0n) is 10.8. The van der Waals surface area contributed by atoms with Gasteiger partial charge in [-0.2, -0.15) is 0 Å². The van der Waals surface area contributed by atoms with Crippen molar-refractivity contribution < 1.29 is 0 Å². The molecular formula is C15H13BrCl3N. The molecule has 2 aromatic carbocycles. The molecule has 0 aliphatic carbocycles. The van der Waals surface area contributed by atoms with E-state index in [1.165, 1.54) is 0 Å². The van der Waals surface area contributed by atoms with Crippen molar-refractivity contribution in [3.8, 4) is 0 Å². The van der Waals surface area contributed by atoms with E-state index < -0.39 is 0 Å². The zero-order chi connectivity index (χ0) is 14.7. The first-order valence-electron chi connectivity index (χ1n) is 6.18. The Morgan fingerprint density at radius 2 is 1.85 bits per heavy atom. The third kappa shape index (κ3) is 3.62. The normalized spacial score (nSPS) is 12.2. The van der Waals surface area contributed by atoms with E-state index in [2.05, 4.69) is 28.2 Å². The molecule has 0 aromatic heterocycles. The van der Waals surface area contributed by atoms with E-state index in [9.17, 15) is 0 Å². The minimum absolute atomic E-state index is 0.128. The fraction of sp³-hybridized carbons (Fsp3) is 0.200. The Hall–Kier alpha value is -0.410. The lowest BCUT2D eigenvalue weighted by atomic mass is 10.0. The van der Waals surface area contributed by atoms with E-state index in [-0.39, 0.29) is 6.04 Å². The lowest BCUT2D eigenvalue weighted by Crippen LogP contribution is -2.10. The van der Waals surface area contributed by atoms with E-state index in [0.29, 0.717) is 10.0 Å². The van der Waals surface area contributed by atoms with Crippen molar-refractivity contribution in [3.63, 3.8) is 0 Å². The van der Waals surface area contributed by atoms with Crippen LogP contribution in [0.3, 0.4) is 0 Å². The molecule has 0 bridgehead atoms. The summed E-state index contributed by atoms with van der Waals surface area (Å²) in [7, 11) is 0. The molecule has 0 saturated carbocycles. The molecule has 0 amide bonds. The third-order valence-corrected chi connectivity index (χ3v) is 5.03. The van der Waals surface area contributed by atoms with Gasteiger partial charge in [0.15, 0.2) is 0 Å². The molecule has 1 unspecified atom stereocenters. The van der Waals surface area contributed by atoms with Crippen LogP contribution in [-0.4, -0.2) is 0 Å². The van der Waals surface area contributed by atoms with Gasteiger partial charge in [-0.25, -0.2) is 0 Å². The van der Waals surface area contributed by atoms with E-state index in [0.717, 1.165) is 27.2 Å². The molecule has 2 aromatic rings. The number of hydrogen-bond donors (Lipinski definition) is 1. The molecule has 0 aliphatic heterocycles. The fourth-order valence-corrected chi connectivity index (χ4v) is 3.00. The van der Waals surface area contributed by atoms with Gasteiger partial charge in [0, 0.05) is 9.50 Å². The van der Waals surface area contributed by atoms with Crippen LogP contribution in [0.5, 0.6) is 0 Å². The van der Waals surface area contributed by atoms with E-state index in [1.807, 2.05) is 36.4 Å². The Bertz CT molecular complexity index is 616. The first-order chi connectivity index (χ1) is 9.52. The Labute approximate surface area is 142 Å².